The van der Waals surface area contributed by atoms with Crippen LogP contribution in [0.25, 0.3) is 0 Å². The van der Waals surface area contributed by atoms with E-state index in [1.54, 1.807) is 18.2 Å². The van der Waals surface area contributed by atoms with Gasteiger partial charge in [-0.05, 0) is 68.1 Å². The molecule has 37 heavy (non-hydrogen) atoms. The lowest BCUT2D eigenvalue weighted by Crippen LogP contribution is -2.50. The molecule has 2 amide bonds. The second-order valence-electron chi connectivity index (χ2n) is 8.93. The van der Waals surface area contributed by atoms with E-state index in [1.165, 1.54) is 29.2 Å². The van der Waals surface area contributed by atoms with Gasteiger partial charge in [0.05, 0.1) is 22.0 Å². The van der Waals surface area contributed by atoms with Gasteiger partial charge in [-0.15, -0.1) is 0 Å². The van der Waals surface area contributed by atoms with E-state index in [0.717, 1.165) is 17.0 Å². The lowest BCUT2D eigenvalue weighted by Gasteiger charge is -2.32. The summed E-state index contributed by atoms with van der Waals surface area (Å²) in [6, 6.07) is 9.37. The minimum absolute atomic E-state index is 0.00163. The fourth-order valence-corrected chi connectivity index (χ4v) is 5.09. The molecule has 0 radical (unpaired) electrons. The maximum Gasteiger partial charge on any atom is 0.243 e. The lowest BCUT2D eigenvalue weighted by molar-refractivity contribution is -0.141. The van der Waals surface area contributed by atoms with E-state index in [-0.39, 0.29) is 43.8 Å². The molecule has 0 aromatic heterocycles. The van der Waals surface area contributed by atoms with Crippen LogP contribution in [0.3, 0.4) is 0 Å². The van der Waals surface area contributed by atoms with Gasteiger partial charge in [-0.1, -0.05) is 43.1 Å². The molecule has 0 aliphatic rings. The van der Waals surface area contributed by atoms with E-state index in [9.17, 15) is 22.4 Å². The van der Waals surface area contributed by atoms with Gasteiger partial charge in [-0.25, -0.2) is 12.8 Å². The second-order valence-corrected chi connectivity index (χ2v) is 11.6. The first-order valence-electron chi connectivity index (χ1n) is 12.1. The van der Waals surface area contributed by atoms with Crippen LogP contribution < -0.4 is 9.62 Å². The number of nitrogens with one attached hydrogen (secondary N) is 1. The van der Waals surface area contributed by atoms with Gasteiger partial charge >= 0.3 is 0 Å². The van der Waals surface area contributed by atoms with Crippen molar-refractivity contribution >= 4 is 50.7 Å². The Bertz CT molecular complexity index is 1180. The molecule has 2 rings (SSSR count). The van der Waals surface area contributed by atoms with Crippen molar-refractivity contribution in [2.24, 2.45) is 0 Å². The number of rotatable bonds is 13. The number of amides is 2. The number of hydrogen-bond acceptors (Lipinski definition) is 4. The summed E-state index contributed by atoms with van der Waals surface area (Å²) in [5.74, 6) is -1.04. The van der Waals surface area contributed by atoms with Crippen LogP contribution in [0, 0.1) is 5.82 Å². The maximum atomic E-state index is 13.4. The Morgan fingerprint density at radius 1 is 1.03 bits per heavy atom. The lowest BCUT2D eigenvalue weighted by atomic mass is 10.1. The molecule has 0 fully saturated rings. The monoisotopic (exact) mass is 573 g/mol. The number of carbonyl (C=O) groups excluding carboxylic acids is 2. The number of carbonyl (C=O) groups is 2. The van der Waals surface area contributed by atoms with Crippen LogP contribution in [0.4, 0.5) is 10.1 Å². The Hall–Kier alpha value is -2.36. The molecular formula is C26H34Cl2FN3O4S. The van der Waals surface area contributed by atoms with Crippen molar-refractivity contribution in [2.75, 3.05) is 17.1 Å². The van der Waals surface area contributed by atoms with Gasteiger partial charge in [0, 0.05) is 25.6 Å². The third kappa shape index (κ3) is 9.16. The van der Waals surface area contributed by atoms with Gasteiger partial charge in [-0.3, -0.25) is 13.9 Å². The molecular weight excluding hydrogens is 540 g/mol. The molecule has 1 N–H and O–H groups in total. The molecule has 0 bridgehead atoms. The van der Waals surface area contributed by atoms with Gasteiger partial charge in [-0.2, -0.15) is 0 Å². The maximum absolute atomic E-state index is 13.4. The first-order chi connectivity index (χ1) is 17.4. The number of anilines is 1. The summed E-state index contributed by atoms with van der Waals surface area (Å²) in [5.41, 5.74) is 1.02. The zero-order valence-electron chi connectivity index (χ0n) is 21.5. The second kappa shape index (κ2) is 14.0. The van der Waals surface area contributed by atoms with Crippen LogP contribution >= 0.6 is 23.2 Å². The Morgan fingerprint density at radius 2 is 1.68 bits per heavy atom. The molecule has 0 saturated heterocycles. The van der Waals surface area contributed by atoms with E-state index in [4.69, 9.17) is 23.2 Å². The minimum Gasteiger partial charge on any atom is -0.352 e. The first kappa shape index (κ1) is 30.9. The van der Waals surface area contributed by atoms with E-state index in [2.05, 4.69) is 5.32 Å². The highest BCUT2D eigenvalue weighted by Crippen LogP contribution is 2.25. The largest absolute Gasteiger partial charge is 0.352 e. The van der Waals surface area contributed by atoms with Crippen LogP contribution in [0.15, 0.2) is 42.5 Å². The van der Waals surface area contributed by atoms with Crippen LogP contribution in [-0.4, -0.2) is 50.0 Å². The molecule has 0 unspecified atom stereocenters. The fraction of sp³-hybridized carbons (Fsp3) is 0.462. The third-order valence-electron chi connectivity index (χ3n) is 5.99. The van der Waals surface area contributed by atoms with Gasteiger partial charge in [0.2, 0.25) is 21.8 Å². The fourth-order valence-electron chi connectivity index (χ4n) is 3.81. The van der Waals surface area contributed by atoms with Crippen molar-refractivity contribution in [1.82, 2.24) is 10.2 Å². The van der Waals surface area contributed by atoms with Crippen molar-refractivity contribution in [3.05, 3.63) is 63.9 Å². The van der Waals surface area contributed by atoms with Crippen molar-refractivity contribution in [2.45, 2.75) is 65.1 Å². The SMILES string of the molecule is CC[C@H](C)NC(=O)[C@H](CC)N(Cc1ccc(Cl)c(Cl)c1)C(=O)CCCN(c1ccc(F)cc1)S(C)(=O)=O. The predicted octanol–water partition coefficient (Wildman–Crippen LogP) is 5.40. The Balaban J connectivity index is 2.24. The average Bonchev–Trinajstić information content (AvgIpc) is 2.83. The highest BCUT2D eigenvalue weighted by Gasteiger charge is 2.29. The summed E-state index contributed by atoms with van der Waals surface area (Å²) < 4.78 is 39.2. The first-order valence-corrected chi connectivity index (χ1v) is 14.7. The van der Waals surface area contributed by atoms with Crippen LogP contribution in [0.5, 0.6) is 0 Å². The van der Waals surface area contributed by atoms with Crippen molar-refractivity contribution in [1.29, 1.82) is 0 Å². The van der Waals surface area contributed by atoms with E-state index in [0.29, 0.717) is 27.7 Å². The van der Waals surface area contributed by atoms with E-state index < -0.39 is 21.9 Å². The summed E-state index contributed by atoms with van der Waals surface area (Å²) in [5, 5.41) is 3.66. The average molecular weight is 575 g/mol. The highest BCUT2D eigenvalue weighted by atomic mass is 35.5. The molecule has 0 spiro atoms. The van der Waals surface area contributed by atoms with Gasteiger partial charge in [0.1, 0.15) is 11.9 Å². The third-order valence-corrected chi connectivity index (χ3v) is 7.92. The molecule has 0 heterocycles. The zero-order valence-corrected chi connectivity index (χ0v) is 23.8. The van der Waals surface area contributed by atoms with Crippen LogP contribution in [0.1, 0.15) is 52.0 Å². The quantitative estimate of drug-likeness (QED) is 0.347. The summed E-state index contributed by atoms with van der Waals surface area (Å²) in [7, 11) is -3.66. The normalized spacial score (nSPS) is 13.1. The number of hydrogen-bond donors (Lipinski definition) is 1. The molecule has 2 aromatic carbocycles. The molecule has 2 aromatic rings. The predicted molar refractivity (Wildman–Crippen MR) is 147 cm³/mol. The van der Waals surface area contributed by atoms with Crippen LogP contribution in [0.2, 0.25) is 10.0 Å². The van der Waals surface area contributed by atoms with E-state index in [1.807, 2.05) is 20.8 Å². The summed E-state index contributed by atoms with van der Waals surface area (Å²) >= 11 is 12.2. The van der Waals surface area contributed by atoms with Gasteiger partial charge < -0.3 is 10.2 Å². The molecule has 0 aliphatic heterocycles. The number of benzene rings is 2. The molecule has 2 atom stereocenters. The summed E-state index contributed by atoms with van der Waals surface area (Å²) in [6.45, 7) is 5.84. The number of sulfonamides is 1. The molecule has 0 saturated carbocycles. The summed E-state index contributed by atoms with van der Waals surface area (Å²) in [4.78, 5) is 28.0. The van der Waals surface area contributed by atoms with E-state index >= 15 is 0 Å². The van der Waals surface area contributed by atoms with Crippen LogP contribution in [-0.2, 0) is 26.2 Å². The molecule has 0 aliphatic carbocycles. The standard InChI is InChI=1S/C26H34Cl2FN3O4S/c1-5-18(3)30-26(34)24(6-2)31(17-19-9-14-22(27)23(28)16-19)25(33)8-7-15-32(37(4,35)36)21-12-10-20(29)11-13-21/h9-14,16,18,24H,5-8,15,17H2,1-4H3,(H,30,34)/t18-,24-/m0/s1. The van der Waals surface area contributed by atoms with Gasteiger partial charge in [0.15, 0.2) is 0 Å². The van der Waals surface area contributed by atoms with Crippen molar-refractivity contribution in [3.8, 4) is 0 Å². The minimum atomic E-state index is -3.66. The summed E-state index contributed by atoms with van der Waals surface area (Å²) in [6.07, 6.45) is 2.39. The van der Waals surface area contributed by atoms with Crippen molar-refractivity contribution in [3.63, 3.8) is 0 Å². The smallest absolute Gasteiger partial charge is 0.243 e. The topological polar surface area (TPSA) is 86.8 Å². The zero-order chi connectivity index (χ0) is 27.8. The molecule has 204 valence electrons. The number of nitrogens with zero attached hydrogens (tertiary/aromatic N) is 2. The Morgan fingerprint density at radius 3 is 2.22 bits per heavy atom. The van der Waals surface area contributed by atoms with Gasteiger partial charge in [0.25, 0.3) is 0 Å². The number of halogens is 3. The Kier molecular flexibility index (Phi) is 11.7. The molecule has 7 nitrogen and oxygen atoms in total. The highest BCUT2D eigenvalue weighted by molar-refractivity contribution is 7.92. The molecule has 11 heteroatoms. The van der Waals surface area contributed by atoms with Crippen molar-refractivity contribution < 1.29 is 22.4 Å². The Labute approximate surface area is 229 Å².